The molecular formula is C8H11FN2O. The Kier molecular flexibility index (Phi) is 5.77. The molecule has 0 heterocycles. The molecule has 0 fully saturated rings. The first-order valence-electron chi connectivity index (χ1n) is 3.32. The van der Waals surface area contributed by atoms with Gasteiger partial charge < -0.3 is 0 Å². The van der Waals surface area contributed by atoms with Gasteiger partial charge in [0.15, 0.2) is 0 Å². The first-order chi connectivity index (χ1) is 5.74. The molecule has 66 valence electrons. The summed E-state index contributed by atoms with van der Waals surface area (Å²) in [5.74, 6) is 4.28. The fourth-order valence-corrected chi connectivity index (χ4v) is 0.541. The predicted octanol–water partition coefficient (Wildman–Crippen LogP) is 0.718. The smallest absolute Gasteiger partial charge is 0.150 e. The van der Waals surface area contributed by atoms with Crippen LogP contribution in [0.25, 0.3) is 0 Å². The average molecular weight is 170 g/mol. The second-order valence-electron chi connectivity index (χ2n) is 1.96. The van der Waals surface area contributed by atoms with Crippen LogP contribution < -0.4 is 11.3 Å². The van der Waals surface area contributed by atoms with Crippen LogP contribution in [0.2, 0.25) is 0 Å². The second kappa shape index (κ2) is 6.45. The minimum atomic E-state index is -0.319. The Balaban J connectivity index is 0.000000354. The predicted molar refractivity (Wildman–Crippen MR) is 45.0 cm³/mol. The Bertz CT molecular complexity index is 223. The third kappa shape index (κ3) is 4.54. The van der Waals surface area contributed by atoms with Crippen LogP contribution in [-0.4, -0.2) is 13.3 Å². The van der Waals surface area contributed by atoms with E-state index < -0.39 is 0 Å². The highest BCUT2D eigenvalue weighted by atomic mass is 19.1. The molecule has 0 bridgehead atoms. The minimum Gasteiger partial charge on any atom is -0.298 e. The summed E-state index contributed by atoms with van der Waals surface area (Å²) >= 11 is 0. The molecule has 0 aliphatic rings. The first kappa shape index (κ1) is 10.7. The molecular weight excluding hydrogens is 159 g/mol. The van der Waals surface area contributed by atoms with E-state index in [1.807, 2.05) is 0 Å². The Morgan fingerprint density at radius 2 is 1.83 bits per heavy atom. The molecule has 0 atom stereocenters. The Hall–Kier alpha value is -1.26. The van der Waals surface area contributed by atoms with Crippen LogP contribution in [0.15, 0.2) is 24.3 Å². The monoisotopic (exact) mass is 170 g/mol. The normalized spacial score (nSPS) is 8.25. The van der Waals surface area contributed by atoms with E-state index in [2.05, 4.69) is 11.3 Å². The molecule has 0 saturated carbocycles. The van der Waals surface area contributed by atoms with Crippen LogP contribution in [0.3, 0.4) is 0 Å². The van der Waals surface area contributed by atoms with Crippen molar-refractivity contribution in [2.75, 3.05) is 7.05 Å². The minimum absolute atomic E-state index is 0.319. The van der Waals surface area contributed by atoms with Crippen molar-refractivity contribution in [1.82, 2.24) is 5.43 Å². The molecule has 1 rings (SSSR count). The van der Waals surface area contributed by atoms with E-state index in [-0.39, 0.29) is 5.82 Å². The van der Waals surface area contributed by atoms with E-state index in [1.165, 1.54) is 24.3 Å². The zero-order valence-electron chi connectivity index (χ0n) is 6.75. The van der Waals surface area contributed by atoms with Gasteiger partial charge in [-0.05, 0) is 31.3 Å². The van der Waals surface area contributed by atoms with Gasteiger partial charge in [-0.2, -0.15) is 0 Å². The molecule has 12 heavy (non-hydrogen) atoms. The summed E-state index contributed by atoms with van der Waals surface area (Å²) < 4.78 is 12.1. The van der Waals surface area contributed by atoms with Gasteiger partial charge in [-0.3, -0.25) is 16.1 Å². The third-order valence-electron chi connectivity index (χ3n) is 1.01. The number of nitrogens with two attached hydrogens (primary N) is 1. The highest BCUT2D eigenvalue weighted by Crippen LogP contribution is 1.98. The lowest BCUT2D eigenvalue weighted by atomic mass is 10.2. The van der Waals surface area contributed by atoms with E-state index in [0.717, 1.165) is 0 Å². The van der Waals surface area contributed by atoms with Gasteiger partial charge >= 0.3 is 0 Å². The lowest BCUT2D eigenvalue weighted by Crippen LogP contribution is -2.13. The summed E-state index contributed by atoms with van der Waals surface area (Å²) in [6.07, 6.45) is 0.680. The summed E-state index contributed by atoms with van der Waals surface area (Å²) in [5.41, 5.74) is 2.75. The first-order valence-corrected chi connectivity index (χ1v) is 3.32. The topological polar surface area (TPSA) is 55.1 Å². The molecule has 3 nitrogen and oxygen atoms in total. The lowest BCUT2D eigenvalue weighted by Gasteiger charge is -1.86. The largest absolute Gasteiger partial charge is 0.298 e. The number of carbonyl (C=O) groups is 1. The fraction of sp³-hybridized carbons (Fsp3) is 0.125. The van der Waals surface area contributed by atoms with E-state index in [9.17, 15) is 9.18 Å². The Labute approximate surface area is 70.4 Å². The summed E-state index contributed by atoms with van der Waals surface area (Å²) in [6, 6.07) is 5.37. The van der Waals surface area contributed by atoms with E-state index in [1.54, 1.807) is 7.05 Å². The van der Waals surface area contributed by atoms with Crippen molar-refractivity contribution in [3.05, 3.63) is 35.6 Å². The molecule has 0 radical (unpaired) electrons. The van der Waals surface area contributed by atoms with Crippen molar-refractivity contribution >= 4 is 6.29 Å². The Morgan fingerprint density at radius 3 is 2.17 bits per heavy atom. The van der Waals surface area contributed by atoms with Crippen LogP contribution in [0.1, 0.15) is 10.4 Å². The van der Waals surface area contributed by atoms with Crippen LogP contribution in [0, 0.1) is 5.82 Å². The third-order valence-corrected chi connectivity index (χ3v) is 1.01. The van der Waals surface area contributed by atoms with Gasteiger partial charge in [-0.1, -0.05) is 0 Å². The van der Waals surface area contributed by atoms with E-state index >= 15 is 0 Å². The fourth-order valence-electron chi connectivity index (χ4n) is 0.541. The number of hydrogen-bond donors (Lipinski definition) is 2. The summed E-state index contributed by atoms with van der Waals surface area (Å²) in [7, 11) is 1.65. The molecule has 0 aromatic heterocycles. The molecule has 1 aromatic carbocycles. The molecule has 3 N–H and O–H groups in total. The zero-order valence-corrected chi connectivity index (χ0v) is 6.75. The van der Waals surface area contributed by atoms with Gasteiger partial charge in [0.2, 0.25) is 0 Å². The van der Waals surface area contributed by atoms with Gasteiger partial charge in [-0.25, -0.2) is 4.39 Å². The number of benzene rings is 1. The standard InChI is InChI=1S/C7H5FO.CH6N2/c8-7-3-1-6(5-9)2-4-7;1-3-2/h1-5H;3H,2H2,1H3. The van der Waals surface area contributed by atoms with Crippen molar-refractivity contribution in [1.29, 1.82) is 0 Å². The van der Waals surface area contributed by atoms with Crippen molar-refractivity contribution < 1.29 is 9.18 Å². The van der Waals surface area contributed by atoms with Crippen LogP contribution in [0.4, 0.5) is 4.39 Å². The van der Waals surface area contributed by atoms with Crippen molar-refractivity contribution in [2.45, 2.75) is 0 Å². The number of carbonyl (C=O) groups excluding carboxylic acids is 1. The highest BCUT2D eigenvalue weighted by molar-refractivity contribution is 5.74. The van der Waals surface area contributed by atoms with E-state index in [0.29, 0.717) is 11.8 Å². The highest BCUT2D eigenvalue weighted by Gasteiger charge is 1.87. The molecule has 4 heteroatoms. The maximum absolute atomic E-state index is 12.1. The average Bonchev–Trinajstić information content (AvgIpc) is 2.07. The number of aldehydes is 1. The van der Waals surface area contributed by atoms with Gasteiger partial charge in [0, 0.05) is 5.56 Å². The quantitative estimate of drug-likeness (QED) is 0.371. The van der Waals surface area contributed by atoms with E-state index in [4.69, 9.17) is 0 Å². The van der Waals surface area contributed by atoms with Crippen molar-refractivity contribution in [2.24, 2.45) is 5.84 Å². The number of nitrogens with one attached hydrogen (secondary N) is 1. The number of hydrazine groups is 1. The molecule has 0 saturated heterocycles. The summed E-state index contributed by atoms with van der Waals surface area (Å²) in [6.45, 7) is 0. The van der Waals surface area contributed by atoms with Gasteiger partial charge in [0.25, 0.3) is 0 Å². The molecule has 0 spiro atoms. The maximum Gasteiger partial charge on any atom is 0.150 e. The second-order valence-corrected chi connectivity index (χ2v) is 1.96. The zero-order chi connectivity index (χ0) is 9.40. The van der Waals surface area contributed by atoms with Gasteiger partial charge in [0.1, 0.15) is 12.1 Å². The van der Waals surface area contributed by atoms with Crippen LogP contribution in [-0.2, 0) is 0 Å². The molecule has 0 aliphatic heterocycles. The number of hydrogen-bond acceptors (Lipinski definition) is 3. The summed E-state index contributed by atoms with van der Waals surface area (Å²) in [4.78, 5) is 10.00. The Morgan fingerprint density at radius 1 is 1.42 bits per heavy atom. The molecule has 0 unspecified atom stereocenters. The maximum atomic E-state index is 12.1. The summed E-state index contributed by atoms with van der Waals surface area (Å²) in [5, 5.41) is 0. The van der Waals surface area contributed by atoms with Gasteiger partial charge in [-0.15, -0.1) is 0 Å². The van der Waals surface area contributed by atoms with Crippen molar-refractivity contribution in [3.8, 4) is 0 Å². The lowest BCUT2D eigenvalue weighted by molar-refractivity contribution is 0.112. The SMILES string of the molecule is CNN.O=Cc1ccc(F)cc1. The number of halogens is 1. The van der Waals surface area contributed by atoms with Gasteiger partial charge in [0.05, 0.1) is 0 Å². The van der Waals surface area contributed by atoms with Crippen LogP contribution in [0.5, 0.6) is 0 Å². The van der Waals surface area contributed by atoms with Crippen molar-refractivity contribution in [3.63, 3.8) is 0 Å². The number of rotatable bonds is 1. The molecule has 1 aromatic rings. The van der Waals surface area contributed by atoms with Crippen LogP contribution >= 0.6 is 0 Å². The molecule has 0 aliphatic carbocycles. The molecule has 0 amide bonds.